The second kappa shape index (κ2) is 4.93. The molecule has 0 saturated carbocycles. The molecule has 86 valence electrons. The minimum atomic E-state index is 0.368. The van der Waals surface area contributed by atoms with Crippen molar-refractivity contribution in [3.05, 3.63) is 22.6 Å². The van der Waals surface area contributed by atoms with Crippen LogP contribution in [-0.4, -0.2) is 28.0 Å². The summed E-state index contributed by atoms with van der Waals surface area (Å²) in [4.78, 5) is 12.0. The maximum absolute atomic E-state index is 4.48. The van der Waals surface area contributed by atoms with Crippen molar-refractivity contribution in [3.63, 3.8) is 0 Å². The van der Waals surface area contributed by atoms with Gasteiger partial charge < -0.3 is 10.3 Å². The molecule has 0 aromatic carbocycles. The zero-order valence-corrected chi connectivity index (χ0v) is 11.0. The van der Waals surface area contributed by atoms with Gasteiger partial charge in [0.15, 0.2) is 5.65 Å². The molecule has 2 N–H and O–H groups in total. The number of H-pyrrole nitrogens is 1. The summed E-state index contributed by atoms with van der Waals surface area (Å²) in [6.07, 6.45) is 1.77. The minimum Gasteiger partial charge on any atom is -0.340 e. The van der Waals surface area contributed by atoms with Gasteiger partial charge in [0, 0.05) is 23.1 Å². The normalized spacial score (nSPS) is 13.2. The van der Waals surface area contributed by atoms with Crippen molar-refractivity contribution in [2.24, 2.45) is 0 Å². The quantitative estimate of drug-likeness (QED) is 0.906. The van der Waals surface area contributed by atoms with Crippen LogP contribution >= 0.6 is 15.9 Å². The number of hydrogen-bond acceptors (Lipinski definition) is 3. The lowest BCUT2D eigenvalue weighted by Gasteiger charge is -2.07. The third-order valence-corrected chi connectivity index (χ3v) is 2.92. The number of aromatic amines is 1. The number of likely N-dealkylation sites (N-methyl/N-ethyl adjacent to an activating group) is 1. The molecule has 16 heavy (non-hydrogen) atoms. The highest BCUT2D eigenvalue weighted by Crippen LogP contribution is 2.18. The molecule has 2 aromatic rings. The highest BCUT2D eigenvalue weighted by atomic mass is 79.9. The number of imidazole rings is 1. The van der Waals surface area contributed by atoms with Crippen molar-refractivity contribution >= 4 is 27.1 Å². The van der Waals surface area contributed by atoms with Crippen LogP contribution in [0.15, 0.2) is 16.7 Å². The molecule has 0 bridgehead atoms. The summed E-state index contributed by atoms with van der Waals surface area (Å²) in [7, 11) is 0. The van der Waals surface area contributed by atoms with Gasteiger partial charge in [-0.25, -0.2) is 9.97 Å². The first-order valence-electron chi connectivity index (χ1n) is 5.42. The van der Waals surface area contributed by atoms with E-state index in [9.17, 15) is 0 Å². The molecule has 2 aromatic heterocycles. The van der Waals surface area contributed by atoms with Crippen molar-refractivity contribution in [1.82, 2.24) is 20.3 Å². The Hall–Kier alpha value is -0.940. The predicted octanol–water partition coefficient (Wildman–Crippen LogP) is 2.43. The Kier molecular flexibility index (Phi) is 3.56. The first-order valence-corrected chi connectivity index (χ1v) is 6.22. The Morgan fingerprint density at radius 1 is 1.56 bits per heavy atom. The van der Waals surface area contributed by atoms with Gasteiger partial charge in [-0.05, 0) is 28.5 Å². The molecule has 0 saturated heterocycles. The molecule has 2 heterocycles. The van der Waals surface area contributed by atoms with Gasteiger partial charge in [-0.2, -0.15) is 0 Å². The van der Waals surface area contributed by atoms with E-state index < -0.39 is 0 Å². The standard InChI is InChI=1S/C11H15BrN4/c1-3-13-5-7(2)10-15-9-4-8(12)6-14-11(9)16-10/h4,6-7,13H,3,5H2,1-2H3,(H,14,15,16). The third-order valence-electron chi connectivity index (χ3n) is 2.49. The fraction of sp³-hybridized carbons (Fsp3) is 0.455. The second-order valence-corrected chi connectivity index (χ2v) is 4.77. The maximum atomic E-state index is 4.48. The number of fused-ring (bicyclic) bond motifs is 1. The molecule has 0 aliphatic carbocycles. The van der Waals surface area contributed by atoms with Gasteiger partial charge in [-0.15, -0.1) is 0 Å². The number of pyridine rings is 1. The third kappa shape index (κ3) is 2.41. The smallest absolute Gasteiger partial charge is 0.177 e. The highest BCUT2D eigenvalue weighted by molar-refractivity contribution is 9.10. The van der Waals surface area contributed by atoms with Gasteiger partial charge in [0.05, 0.1) is 5.52 Å². The average Bonchev–Trinajstić information content (AvgIpc) is 2.68. The van der Waals surface area contributed by atoms with E-state index in [4.69, 9.17) is 0 Å². The summed E-state index contributed by atoms with van der Waals surface area (Å²) < 4.78 is 0.967. The van der Waals surface area contributed by atoms with Gasteiger partial charge >= 0.3 is 0 Å². The van der Waals surface area contributed by atoms with Gasteiger partial charge in [-0.1, -0.05) is 13.8 Å². The molecular weight excluding hydrogens is 268 g/mol. The predicted molar refractivity (Wildman–Crippen MR) is 68.5 cm³/mol. The van der Waals surface area contributed by atoms with Crippen molar-refractivity contribution in [1.29, 1.82) is 0 Å². The maximum Gasteiger partial charge on any atom is 0.177 e. The van der Waals surface area contributed by atoms with Crippen LogP contribution in [0.1, 0.15) is 25.6 Å². The molecule has 0 aliphatic rings. The molecule has 1 unspecified atom stereocenters. The van der Waals surface area contributed by atoms with Crippen LogP contribution in [0.5, 0.6) is 0 Å². The van der Waals surface area contributed by atoms with Crippen LogP contribution in [0.2, 0.25) is 0 Å². The number of aromatic nitrogens is 3. The van der Waals surface area contributed by atoms with Gasteiger partial charge in [-0.3, -0.25) is 0 Å². The van der Waals surface area contributed by atoms with Crippen molar-refractivity contribution in [3.8, 4) is 0 Å². The van der Waals surface area contributed by atoms with E-state index in [0.717, 1.165) is 34.6 Å². The lowest BCUT2D eigenvalue weighted by molar-refractivity contribution is 0.614. The Bertz CT molecular complexity index is 480. The number of nitrogens with zero attached hydrogens (tertiary/aromatic N) is 2. The lowest BCUT2D eigenvalue weighted by Crippen LogP contribution is -2.20. The van der Waals surface area contributed by atoms with Gasteiger partial charge in [0.1, 0.15) is 5.82 Å². The second-order valence-electron chi connectivity index (χ2n) is 3.86. The van der Waals surface area contributed by atoms with Crippen LogP contribution in [-0.2, 0) is 0 Å². The summed E-state index contributed by atoms with van der Waals surface area (Å²) in [6, 6.07) is 2.00. The Balaban J connectivity index is 2.25. The van der Waals surface area contributed by atoms with E-state index >= 15 is 0 Å². The zero-order valence-electron chi connectivity index (χ0n) is 9.42. The molecule has 0 amide bonds. The summed E-state index contributed by atoms with van der Waals surface area (Å²) in [6.45, 7) is 6.16. The molecule has 1 atom stereocenters. The summed E-state index contributed by atoms with van der Waals surface area (Å²) in [5, 5.41) is 3.31. The van der Waals surface area contributed by atoms with E-state index in [1.807, 2.05) is 6.07 Å². The van der Waals surface area contributed by atoms with Crippen molar-refractivity contribution < 1.29 is 0 Å². The SMILES string of the molecule is CCNCC(C)c1nc2ncc(Br)cc2[nH]1. The van der Waals surface area contributed by atoms with Crippen LogP contribution in [0, 0.1) is 0 Å². The Labute approximate surface area is 103 Å². The first-order chi connectivity index (χ1) is 7.70. The number of halogens is 1. The first kappa shape index (κ1) is 11.5. The number of nitrogens with one attached hydrogen (secondary N) is 2. The molecular formula is C11H15BrN4. The van der Waals surface area contributed by atoms with Gasteiger partial charge in [0.2, 0.25) is 0 Å². The van der Waals surface area contributed by atoms with Gasteiger partial charge in [0.25, 0.3) is 0 Å². The minimum absolute atomic E-state index is 0.368. The largest absolute Gasteiger partial charge is 0.340 e. The highest BCUT2D eigenvalue weighted by Gasteiger charge is 2.10. The van der Waals surface area contributed by atoms with E-state index in [-0.39, 0.29) is 0 Å². The molecule has 2 rings (SSSR count). The summed E-state index contributed by atoms with van der Waals surface area (Å²) >= 11 is 3.40. The average molecular weight is 283 g/mol. The molecule has 4 nitrogen and oxygen atoms in total. The fourth-order valence-electron chi connectivity index (χ4n) is 1.58. The summed E-state index contributed by atoms with van der Waals surface area (Å²) in [5.41, 5.74) is 1.76. The molecule has 0 fully saturated rings. The Morgan fingerprint density at radius 3 is 3.12 bits per heavy atom. The molecule has 0 aliphatic heterocycles. The Morgan fingerprint density at radius 2 is 2.38 bits per heavy atom. The lowest BCUT2D eigenvalue weighted by atomic mass is 10.2. The molecule has 5 heteroatoms. The topological polar surface area (TPSA) is 53.6 Å². The molecule has 0 radical (unpaired) electrons. The van der Waals surface area contributed by atoms with Crippen molar-refractivity contribution in [2.45, 2.75) is 19.8 Å². The number of rotatable bonds is 4. The fourth-order valence-corrected chi connectivity index (χ4v) is 1.92. The summed E-state index contributed by atoms with van der Waals surface area (Å²) in [5.74, 6) is 1.36. The van der Waals surface area contributed by atoms with Crippen LogP contribution in [0.25, 0.3) is 11.2 Å². The van der Waals surface area contributed by atoms with E-state index in [2.05, 4.69) is 50.0 Å². The van der Waals surface area contributed by atoms with Crippen LogP contribution in [0.4, 0.5) is 0 Å². The van der Waals surface area contributed by atoms with Crippen LogP contribution in [0.3, 0.4) is 0 Å². The van der Waals surface area contributed by atoms with E-state index in [0.29, 0.717) is 5.92 Å². The number of hydrogen-bond donors (Lipinski definition) is 2. The van der Waals surface area contributed by atoms with E-state index in [1.54, 1.807) is 6.20 Å². The molecule has 0 spiro atoms. The monoisotopic (exact) mass is 282 g/mol. The van der Waals surface area contributed by atoms with E-state index in [1.165, 1.54) is 0 Å². The van der Waals surface area contributed by atoms with Crippen LogP contribution < -0.4 is 5.32 Å². The van der Waals surface area contributed by atoms with Crippen molar-refractivity contribution in [2.75, 3.05) is 13.1 Å². The zero-order chi connectivity index (χ0) is 11.5.